The summed E-state index contributed by atoms with van der Waals surface area (Å²) in [5.74, 6) is 0. The van der Waals surface area contributed by atoms with E-state index in [0.29, 0.717) is 0 Å². The summed E-state index contributed by atoms with van der Waals surface area (Å²) in [7, 11) is 0. The summed E-state index contributed by atoms with van der Waals surface area (Å²) < 4.78 is 7.95. The number of rotatable bonds is 4. The minimum Gasteiger partial charge on any atom is -0.380 e. The zero-order valence-electron chi connectivity index (χ0n) is 4.41. The minimum atomic E-state index is 0.818. The maximum absolute atomic E-state index is 5.01. The monoisotopic (exact) mass is 215 g/mol. The predicted molar refractivity (Wildman–Crippen MR) is 38.5 cm³/mol. The average Bonchev–Trinajstić information content (AvgIpc) is 1.69. The van der Waals surface area contributed by atoms with Crippen LogP contribution >= 0.6 is 22.9 Å². The average molecular weight is 215 g/mol. The van der Waals surface area contributed by atoms with Crippen LogP contribution in [0.5, 0.6) is 0 Å². The number of hydrogen-bond acceptors (Lipinski definition) is 2. The molecule has 0 aromatic rings. The van der Waals surface area contributed by atoms with Crippen LogP contribution in [0.4, 0.5) is 0 Å². The maximum atomic E-state index is 5.01. The first-order chi connectivity index (χ1) is 3.41. The summed E-state index contributed by atoms with van der Waals surface area (Å²) >= 11 is 2.10. The summed E-state index contributed by atoms with van der Waals surface area (Å²) in [6.07, 6.45) is 0. The van der Waals surface area contributed by atoms with Gasteiger partial charge in [-0.1, -0.05) is 0 Å². The Balaban J connectivity index is 2.45. The lowest BCUT2D eigenvalue weighted by molar-refractivity contribution is 0.154. The second-order valence-corrected chi connectivity index (χ2v) is 1.84. The van der Waals surface area contributed by atoms with Gasteiger partial charge >= 0.3 is 0 Å². The molecule has 0 aliphatic rings. The summed E-state index contributed by atoms with van der Waals surface area (Å²) in [6, 6.07) is 0. The molecule has 0 aromatic carbocycles. The van der Waals surface area contributed by atoms with E-state index in [4.69, 9.17) is 4.74 Å². The Morgan fingerprint density at radius 1 is 1.71 bits per heavy atom. The molecule has 0 aromatic heterocycles. The lowest BCUT2D eigenvalue weighted by Gasteiger charge is -1.95. The molecule has 3 heteroatoms. The third kappa shape index (κ3) is 6.65. The third-order valence-electron chi connectivity index (χ3n) is 0.545. The lowest BCUT2D eigenvalue weighted by atomic mass is 10.7. The van der Waals surface area contributed by atoms with Gasteiger partial charge in [0.1, 0.15) is 0 Å². The van der Waals surface area contributed by atoms with Gasteiger partial charge in [0, 0.05) is 36.0 Å². The molecule has 0 heterocycles. The molecule has 7 heavy (non-hydrogen) atoms. The van der Waals surface area contributed by atoms with E-state index in [1.165, 1.54) is 0 Å². The molecule has 0 rings (SSSR count). The van der Waals surface area contributed by atoms with Gasteiger partial charge in [0.2, 0.25) is 0 Å². The SMILES string of the molecule is CCOCCNI. The Labute approximate surface area is 58.1 Å². The standard InChI is InChI=1S/C4H10INO/c1-2-7-4-3-6-5/h6H,2-4H2,1H3. The van der Waals surface area contributed by atoms with Crippen LogP contribution in [0.3, 0.4) is 0 Å². The van der Waals surface area contributed by atoms with Gasteiger partial charge in [-0.2, -0.15) is 0 Å². The maximum Gasteiger partial charge on any atom is 0.0598 e. The normalized spacial score (nSPS) is 9.43. The molecule has 0 amide bonds. The van der Waals surface area contributed by atoms with Gasteiger partial charge in [-0.3, -0.25) is 3.53 Å². The van der Waals surface area contributed by atoms with E-state index >= 15 is 0 Å². The zero-order valence-corrected chi connectivity index (χ0v) is 6.57. The topological polar surface area (TPSA) is 21.3 Å². The van der Waals surface area contributed by atoms with Crippen LogP contribution in [0.15, 0.2) is 0 Å². The van der Waals surface area contributed by atoms with Crippen LogP contribution in [0, 0.1) is 0 Å². The van der Waals surface area contributed by atoms with Crippen LogP contribution in [0.1, 0.15) is 6.92 Å². The Morgan fingerprint density at radius 3 is 2.86 bits per heavy atom. The highest BCUT2D eigenvalue weighted by atomic mass is 127. The molecule has 0 saturated carbocycles. The Kier molecular flexibility index (Phi) is 7.27. The van der Waals surface area contributed by atoms with Crippen LogP contribution in [0.2, 0.25) is 0 Å². The number of ether oxygens (including phenoxy) is 1. The van der Waals surface area contributed by atoms with Crippen LogP contribution in [-0.2, 0) is 4.74 Å². The van der Waals surface area contributed by atoms with Gasteiger partial charge in [-0.25, -0.2) is 0 Å². The van der Waals surface area contributed by atoms with Gasteiger partial charge in [0.05, 0.1) is 6.61 Å². The highest BCUT2D eigenvalue weighted by Gasteiger charge is 1.78. The molecule has 0 radical (unpaired) electrons. The van der Waals surface area contributed by atoms with Crippen molar-refractivity contribution in [2.45, 2.75) is 6.92 Å². The van der Waals surface area contributed by atoms with E-state index in [0.717, 1.165) is 19.8 Å². The first-order valence-electron chi connectivity index (χ1n) is 2.33. The molecule has 0 bridgehead atoms. The molecule has 1 N–H and O–H groups in total. The second kappa shape index (κ2) is 6.65. The summed E-state index contributed by atoms with van der Waals surface area (Å²) in [5, 5.41) is 0. The van der Waals surface area contributed by atoms with E-state index < -0.39 is 0 Å². The zero-order chi connectivity index (χ0) is 5.54. The van der Waals surface area contributed by atoms with Crippen molar-refractivity contribution in [1.82, 2.24) is 3.53 Å². The molecule has 0 aliphatic carbocycles. The fourth-order valence-corrected chi connectivity index (χ4v) is 0.475. The molecule has 0 aliphatic heterocycles. The number of halogens is 1. The molecular formula is C4H10INO. The van der Waals surface area contributed by atoms with E-state index in [1.54, 1.807) is 0 Å². The van der Waals surface area contributed by atoms with Crippen molar-refractivity contribution in [2.24, 2.45) is 0 Å². The van der Waals surface area contributed by atoms with E-state index in [2.05, 4.69) is 26.4 Å². The largest absolute Gasteiger partial charge is 0.380 e. The van der Waals surface area contributed by atoms with Gasteiger partial charge in [-0.05, 0) is 6.92 Å². The molecule has 2 nitrogen and oxygen atoms in total. The van der Waals surface area contributed by atoms with Crippen molar-refractivity contribution < 1.29 is 4.74 Å². The Hall–Kier alpha value is 0.650. The quantitative estimate of drug-likeness (QED) is 0.428. The molecule has 0 saturated heterocycles. The van der Waals surface area contributed by atoms with Crippen molar-refractivity contribution in [1.29, 1.82) is 0 Å². The molecule has 0 unspecified atom stereocenters. The van der Waals surface area contributed by atoms with Gasteiger partial charge < -0.3 is 4.74 Å². The fraction of sp³-hybridized carbons (Fsp3) is 1.00. The summed E-state index contributed by atoms with van der Waals surface area (Å²) in [5.41, 5.74) is 0. The molecule has 44 valence electrons. The van der Waals surface area contributed by atoms with Gasteiger partial charge in [0.25, 0.3) is 0 Å². The van der Waals surface area contributed by atoms with Crippen molar-refractivity contribution in [3.05, 3.63) is 0 Å². The highest BCUT2D eigenvalue weighted by molar-refractivity contribution is 14.1. The lowest BCUT2D eigenvalue weighted by Crippen LogP contribution is -2.08. The van der Waals surface area contributed by atoms with Crippen molar-refractivity contribution in [2.75, 3.05) is 19.8 Å². The van der Waals surface area contributed by atoms with Crippen molar-refractivity contribution >= 4 is 22.9 Å². The van der Waals surface area contributed by atoms with Crippen LogP contribution < -0.4 is 3.53 Å². The smallest absolute Gasteiger partial charge is 0.0598 e. The number of hydrogen-bond donors (Lipinski definition) is 1. The Bertz CT molecular complexity index is 30.9. The predicted octanol–water partition coefficient (Wildman–Crippen LogP) is 0.963. The van der Waals surface area contributed by atoms with Crippen LogP contribution in [0.25, 0.3) is 0 Å². The van der Waals surface area contributed by atoms with Crippen LogP contribution in [-0.4, -0.2) is 19.8 Å². The van der Waals surface area contributed by atoms with E-state index in [-0.39, 0.29) is 0 Å². The molecule has 0 spiro atoms. The number of nitrogens with one attached hydrogen (secondary N) is 1. The summed E-state index contributed by atoms with van der Waals surface area (Å²) in [4.78, 5) is 0. The van der Waals surface area contributed by atoms with Crippen molar-refractivity contribution in [3.63, 3.8) is 0 Å². The van der Waals surface area contributed by atoms with Gasteiger partial charge in [0.15, 0.2) is 0 Å². The summed E-state index contributed by atoms with van der Waals surface area (Å²) in [6.45, 7) is 4.57. The van der Waals surface area contributed by atoms with E-state index in [1.807, 2.05) is 6.92 Å². The van der Waals surface area contributed by atoms with Gasteiger partial charge in [-0.15, -0.1) is 0 Å². The molecule has 0 fully saturated rings. The third-order valence-corrected chi connectivity index (χ3v) is 1.08. The Morgan fingerprint density at radius 2 is 2.43 bits per heavy atom. The second-order valence-electron chi connectivity index (χ2n) is 1.08. The van der Waals surface area contributed by atoms with E-state index in [9.17, 15) is 0 Å². The van der Waals surface area contributed by atoms with Crippen molar-refractivity contribution in [3.8, 4) is 0 Å². The minimum absolute atomic E-state index is 0.818. The first kappa shape index (κ1) is 7.65. The highest BCUT2D eigenvalue weighted by Crippen LogP contribution is 1.72. The fourth-order valence-electron chi connectivity index (χ4n) is 0.255. The first-order valence-corrected chi connectivity index (χ1v) is 3.41. The molecule has 0 atom stereocenters. The molecular weight excluding hydrogens is 205 g/mol.